The molecule has 1 saturated carbocycles. The molecule has 2 aromatic heterocycles. The zero-order valence-corrected chi connectivity index (χ0v) is 17.1. The van der Waals surface area contributed by atoms with Crippen molar-refractivity contribution in [2.45, 2.75) is 52.5 Å². The van der Waals surface area contributed by atoms with E-state index in [1.807, 2.05) is 27.7 Å². The van der Waals surface area contributed by atoms with Crippen molar-refractivity contribution < 1.29 is 14.3 Å². The SMILES string of the molecule is CCNC(=O)[C@@H](NC(=O)c1nn(-c2c[n+]([O-])ccn2)c2c1C[C@H]1C[C@@H]21)C(C)(C)C. The van der Waals surface area contributed by atoms with Gasteiger partial charge in [-0.15, -0.1) is 0 Å². The fraction of sp³-hybridized carbons (Fsp3) is 0.550. The van der Waals surface area contributed by atoms with Gasteiger partial charge in [0.05, 0.1) is 11.9 Å². The molecule has 0 bridgehead atoms. The molecular formula is C20H26N6O3. The van der Waals surface area contributed by atoms with E-state index < -0.39 is 11.5 Å². The third-order valence-corrected chi connectivity index (χ3v) is 5.61. The summed E-state index contributed by atoms with van der Waals surface area (Å²) < 4.78 is 2.29. The molecule has 4 rings (SSSR count). The van der Waals surface area contributed by atoms with E-state index in [4.69, 9.17) is 0 Å². The van der Waals surface area contributed by atoms with Crippen LogP contribution in [-0.4, -0.2) is 39.2 Å². The summed E-state index contributed by atoms with van der Waals surface area (Å²) in [6.45, 7) is 8.06. The summed E-state index contributed by atoms with van der Waals surface area (Å²) in [5, 5.41) is 21.9. The molecule has 29 heavy (non-hydrogen) atoms. The van der Waals surface area contributed by atoms with E-state index in [-0.39, 0.29) is 11.8 Å². The van der Waals surface area contributed by atoms with Crippen LogP contribution in [0.1, 0.15) is 61.8 Å². The molecule has 0 spiro atoms. The Morgan fingerprint density at radius 1 is 1.41 bits per heavy atom. The average molecular weight is 398 g/mol. The van der Waals surface area contributed by atoms with Crippen LogP contribution in [0, 0.1) is 16.5 Å². The predicted octanol–water partition coefficient (Wildman–Crippen LogP) is 0.841. The van der Waals surface area contributed by atoms with Crippen LogP contribution in [-0.2, 0) is 11.2 Å². The second kappa shape index (κ2) is 6.82. The highest BCUT2D eigenvalue weighted by atomic mass is 16.5. The lowest BCUT2D eigenvalue weighted by Gasteiger charge is -2.30. The fourth-order valence-electron chi connectivity index (χ4n) is 4.10. The van der Waals surface area contributed by atoms with Crippen molar-refractivity contribution in [2.24, 2.45) is 11.3 Å². The highest BCUT2D eigenvalue weighted by molar-refractivity contribution is 5.98. The number of nitrogens with one attached hydrogen (secondary N) is 2. The molecule has 0 unspecified atom stereocenters. The maximum absolute atomic E-state index is 13.1. The molecule has 9 heteroatoms. The summed E-state index contributed by atoms with van der Waals surface area (Å²) in [5.74, 6) is 0.665. The molecule has 9 nitrogen and oxygen atoms in total. The van der Waals surface area contributed by atoms with Gasteiger partial charge < -0.3 is 15.8 Å². The quantitative estimate of drug-likeness (QED) is 0.572. The van der Waals surface area contributed by atoms with E-state index in [2.05, 4.69) is 20.7 Å². The molecule has 2 aromatic rings. The van der Waals surface area contributed by atoms with Gasteiger partial charge >= 0.3 is 0 Å². The van der Waals surface area contributed by atoms with Crippen molar-refractivity contribution in [1.29, 1.82) is 0 Å². The Labute approximate surface area is 169 Å². The van der Waals surface area contributed by atoms with Crippen LogP contribution in [0.25, 0.3) is 5.82 Å². The maximum Gasteiger partial charge on any atom is 0.272 e. The molecule has 154 valence electrons. The van der Waals surface area contributed by atoms with Crippen LogP contribution in [0.5, 0.6) is 0 Å². The average Bonchev–Trinajstić information content (AvgIpc) is 3.14. The minimum Gasteiger partial charge on any atom is -0.619 e. The molecule has 0 aromatic carbocycles. The summed E-state index contributed by atoms with van der Waals surface area (Å²) in [4.78, 5) is 29.9. The van der Waals surface area contributed by atoms with Crippen molar-refractivity contribution in [3.63, 3.8) is 0 Å². The Morgan fingerprint density at radius 3 is 2.83 bits per heavy atom. The van der Waals surface area contributed by atoms with Gasteiger partial charge in [0, 0.05) is 18.0 Å². The zero-order chi connectivity index (χ0) is 20.9. The molecule has 3 atom stereocenters. The largest absolute Gasteiger partial charge is 0.619 e. The normalized spacial score (nSPS) is 20.6. The van der Waals surface area contributed by atoms with E-state index in [0.717, 1.165) is 24.1 Å². The molecule has 2 heterocycles. The molecule has 1 fully saturated rings. The number of nitrogens with zero attached hydrogens (tertiary/aromatic N) is 4. The molecule has 0 saturated heterocycles. The number of rotatable bonds is 5. The van der Waals surface area contributed by atoms with E-state index in [0.29, 0.717) is 34.6 Å². The van der Waals surface area contributed by atoms with Gasteiger partial charge in [-0.25, -0.2) is 9.67 Å². The number of hydrogen-bond donors (Lipinski definition) is 2. The summed E-state index contributed by atoms with van der Waals surface area (Å²) in [7, 11) is 0. The van der Waals surface area contributed by atoms with Crippen LogP contribution < -0.4 is 15.4 Å². The Balaban J connectivity index is 1.69. The summed E-state index contributed by atoms with van der Waals surface area (Å²) >= 11 is 0. The molecule has 2 amide bonds. The summed E-state index contributed by atoms with van der Waals surface area (Å²) in [6, 6.07) is -0.690. The van der Waals surface area contributed by atoms with Crippen LogP contribution in [0.15, 0.2) is 18.6 Å². The maximum atomic E-state index is 13.1. The van der Waals surface area contributed by atoms with Gasteiger partial charge in [-0.2, -0.15) is 9.83 Å². The smallest absolute Gasteiger partial charge is 0.272 e. The lowest BCUT2D eigenvalue weighted by atomic mass is 9.86. The van der Waals surface area contributed by atoms with E-state index in [1.165, 1.54) is 18.6 Å². The molecule has 0 aliphatic heterocycles. The fourth-order valence-corrected chi connectivity index (χ4v) is 4.10. The van der Waals surface area contributed by atoms with Crippen molar-refractivity contribution in [3.05, 3.63) is 40.7 Å². The third kappa shape index (κ3) is 3.45. The van der Waals surface area contributed by atoms with Gasteiger partial charge in [0.15, 0.2) is 11.9 Å². The second-order valence-electron chi connectivity index (χ2n) is 8.87. The van der Waals surface area contributed by atoms with Gasteiger partial charge in [-0.3, -0.25) is 9.59 Å². The first-order chi connectivity index (χ1) is 13.7. The van der Waals surface area contributed by atoms with Crippen LogP contribution in [0.2, 0.25) is 0 Å². The first-order valence-corrected chi connectivity index (χ1v) is 9.96. The van der Waals surface area contributed by atoms with Crippen molar-refractivity contribution in [1.82, 2.24) is 25.4 Å². The van der Waals surface area contributed by atoms with Gasteiger partial charge in [0.1, 0.15) is 6.04 Å². The Hall–Kier alpha value is -2.97. The van der Waals surface area contributed by atoms with Crippen LogP contribution >= 0.6 is 0 Å². The standard InChI is InChI=1S/C20H26N6O3/c1-5-21-19(28)17(20(2,3)4)23-18(27)15-13-9-11-8-12(11)16(13)26(24-15)14-10-25(29)7-6-22-14/h6-7,10-12,17H,5,8-9H2,1-4H3,(H,21,28)(H,23,27)/t11-,12-,17-/m1/s1. The summed E-state index contributed by atoms with van der Waals surface area (Å²) in [6.07, 6.45) is 5.92. The van der Waals surface area contributed by atoms with Gasteiger partial charge in [0.25, 0.3) is 5.91 Å². The molecule has 2 aliphatic carbocycles. The van der Waals surface area contributed by atoms with Crippen molar-refractivity contribution in [3.8, 4) is 5.82 Å². The zero-order valence-electron chi connectivity index (χ0n) is 17.1. The number of carbonyl (C=O) groups is 2. The van der Waals surface area contributed by atoms with Gasteiger partial charge in [0.2, 0.25) is 17.9 Å². The predicted molar refractivity (Wildman–Crippen MR) is 104 cm³/mol. The van der Waals surface area contributed by atoms with Gasteiger partial charge in [-0.05, 0) is 31.1 Å². The second-order valence-corrected chi connectivity index (χ2v) is 8.87. The van der Waals surface area contributed by atoms with E-state index >= 15 is 0 Å². The molecule has 2 N–H and O–H groups in total. The van der Waals surface area contributed by atoms with Gasteiger partial charge in [-0.1, -0.05) is 20.8 Å². The third-order valence-electron chi connectivity index (χ3n) is 5.61. The topological polar surface area (TPSA) is 116 Å². The monoisotopic (exact) mass is 398 g/mol. The van der Waals surface area contributed by atoms with Crippen LogP contribution in [0.4, 0.5) is 0 Å². The Morgan fingerprint density at radius 2 is 2.17 bits per heavy atom. The van der Waals surface area contributed by atoms with Crippen molar-refractivity contribution >= 4 is 11.8 Å². The first kappa shape index (κ1) is 19.4. The minimum atomic E-state index is -0.690. The Kier molecular flexibility index (Phi) is 4.55. The number of aromatic nitrogens is 4. The number of fused-ring (bicyclic) bond motifs is 3. The summed E-state index contributed by atoms with van der Waals surface area (Å²) in [5.41, 5.74) is 1.71. The highest BCUT2D eigenvalue weighted by Crippen LogP contribution is 2.57. The highest BCUT2D eigenvalue weighted by Gasteiger charge is 2.50. The number of amides is 2. The Bertz CT molecular complexity index is 977. The first-order valence-electron chi connectivity index (χ1n) is 9.96. The van der Waals surface area contributed by atoms with E-state index in [9.17, 15) is 14.8 Å². The van der Waals surface area contributed by atoms with E-state index in [1.54, 1.807) is 4.68 Å². The minimum absolute atomic E-state index is 0.218. The number of hydrogen-bond acceptors (Lipinski definition) is 5. The number of carbonyl (C=O) groups excluding carboxylic acids is 2. The molecular weight excluding hydrogens is 372 g/mol. The lowest BCUT2D eigenvalue weighted by molar-refractivity contribution is -0.605. The van der Waals surface area contributed by atoms with Crippen molar-refractivity contribution in [2.75, 3.05) is 6.54 Å². The number of likely N-dealkylation sites (N-methyl/N-ethyl adjacent to an activating group) is 1. The van der Waals surface area contributed by atoms with Crippen LogP contribution in [0.3, 0.4) is 0 Å². The molecule has 2 aliphatic rings. The molecule has 0 radical (unpaired) electrons. The lowest BCUT2D eigenvalue weighted by Crippen LogP contribution is -2.53.